The molecule has 1 aliphatic carbocycles. The van der Waals surface area contributed by atoms with E-state index in [1.807, 2.05) is 6.20 Å². The Labute approximate surface area is 109 Å². The van der Waals surface area contributed by atoms with Gasteiger partial charge in [-0.3, -0.25) is 4.99 Å². The summed E-state index contributed by atoms with van der Waals surface area (Å²) in [5.41, 5.74) is 2.44. The van der Waals surface area contributed by atoms with Gasteiger partial charge in [0.2, 0.25) is 0 Å². The fourth-order valence-corrected chi connectivity index (χ4v) is 2.86. The molecule has 0 spiro atoms. The number of aromatic nitrogens is 1. The molecule has 2 aliphatic rings. The van der Waals surface area contributed by atoms with Gasteiger partial charge in [0.1, 0.15) is 5.82 Å². The van der Waals surface area contributed by atoms with Crippen LogP contribution in [-0.2, 0) is 0 Å². The minimum absolute atomic E-state index is 0.635. The van der Waals surface area contributed by atoms with Crippen LogP contribution in [0.3, 0.4) is 0 Å². The lowest BCUT2D eigenvalue weighted by molar-refractivity contribution is 0.738. The minimum Gasteiger partial charge on any atom is -0.367 e. The Hall–Kier alpha value is -1.38. The van der Waals surface area contributed by atoms with E-state index in [4.69, 9.17) is 0 Å². The summed E-state index contributed by atoms with van der Waals surface area (Å²) in [5.74, 6) is 1.02. The highest BCUT2D eigenvalue weighted by atomic mass is 15.0. The molecule has 3 heteroatoms. The quantitative estimate of drug-likeness (QED) is 0.883. The van der Waals surface area contributed by atoms with Crippen molar-refractivity contribution in [3.8, 4) is 0 Å². The number of anilines is 1. The fraction of sp³-hybridized carbons (Fsp3) is 0.600. The van der Waals surface area contributed by atoms with Crippen molar-refractivity contribution in [2.24, 2.45) is 4.99 Å². The van der Waals surface area contributed by atoms with Gasteiger partial charge in [-0.1, -0.05) is 12.8 Å². The molecular formula is C15H21N3. The first-order valence-corrected chi connectivity index (χ1v) is 7.18. The number of nitrogens with one attached hydrogen (secondary N) is 1. The van der Waals surface area contributed by atoms with E-state index in [0.29, 0.717) is 6.04 Å². The number of aliphatic imine (C=N–C) groups is 1. The summed E-state index contributed by atoms with van der Waals surface area (Å²) >= 11 is 0. The van der Waals surface area contributed by atoms with Crippen molar-refractivity contribution in [2.45, 2.75) is 51.0 Å². The lowest BCUT2D eigenvalue weighted by Gasteiger charge is -2.14. The second kappa shape index (κ2) is 5.51. The predicted octanol–water partition coefficient (Wildman–Crippen LogP) is 3.41. The van der Waals surface area contributed by atoms with Crippen molar-refractivity contribution >= 4 is 11.5 Å². The summed E-state index contributed by atoms with van der Waals surface area (Å²) < 4.78 is 0. The maximum absolute atomic E-state index is 4.59. The van der Waals surface area contributed by atoms with Gasteiger partial charge < -0.3 is 5.32 Å². The number of pyridine rings is 1. The van der Waals surface area contributed by atoms with E-state index in [9.17, 15) is 0 Å². The molecule has 1 saturated carbocycles. The van der Waals surface area contributed by atoms with Crippen LogP contribution in [0.25, 0.3) is 0 Å². The molecule has 0 unspecified atom stereocenters. The molecule has 0 bridgehead atoms. The van der Waals surface area contributed by atoms with Crippen LogP contribution in [0.1, 0.15) is 50.5 Å². The smallest absolute Gasteiger partial charge is 0.126 e. The fourth-order valence-electron chi connectivity index (χ4n) is 2.86. The van der Waals surface area contributed by atoms with Crippen LogP contribution in [0.5, 0.6) is 0 Å². The van der Waals surface area contributed by atoms with Crippen LogP contribution in [-0.4, -0.2) is 23.3 Å². The first-order chi connectivity index (χ1) is 8.92. The van der Waals surface area contributed by atoms with Gasteiger partial charge in [0.15, 0.2) is 0 Å². The van der Waals surface area contributed by atoms with Gasteiger partial charge in [-0.15, -0.1) is 0 Å². The molecule has 3 rings (SSSR count). The maximum Gasteiger partial charge on any atom is 0.126 e. The van der Waals surface area contributed by atoms with Crippen molar-refractivity contribution in [3.63, 3.8) is 0 Å². The standard InChI is InChI=1S/C15H21N3/c1-2-6-13(5-1)18-15-9-8-12(11-17-15)14-7-3-4-10-16-14/h8-9,11,13H,1-7,10H2,(H,17,18). The molecule has 1 aromatic heterocycles. The number of rotatable bonds is 3. The second-order valence-corrected chi connectivity index (χ2v) is 5.34. The third kappa shape index (κ3) is 2.71. The molecule has 1 fully saturated rings. The Kier molecular flexibility index (Phi) is 3.58. The molecule has 3 nitrogen and oxygen atoms in total. The SMILES string of the molecule is c1cc(NC2CCCC2)ncc1C1=NCCCC1. The van der Waals surface area contributed by atoms with E-state index in [1.54, 1.807) is 0 Å². The molecule has 96 valence electrons. The average molecular weight is 243 g/mol. The third-order valence-electron chi connectivity index (χ3n) is 3.93. The highest BCUT2D eigenvalue weighted by Gasteiger charge is 2.15. The van der Waals surface area contributed by atoms with Gasteiger partial charge in [-0.05, 0) is 44.2 Å². The number of nitrogens with zero attached hydrogens (tertiary/aromatic N) is 2. The molecule has 18 heavy (non-hydrogen) atoms. The first-order valence-electron chi connectivity index (χ1n) is 7.18. The molecule has 1 aliphatic heterocycles. The Bertz CT molecular complexity index is 416. The normalized spacial score (nSPS) is 20.8. The molecule has 1 N–H and O–H groups in total. The van der Waals surface area contributed by atoms with Crippen molar-refractivity contribution in [3.05, 3.63) is 23.9 Å². The summed E-state index contributed by atoms with van der Waals surface area (Å²) in [6, 6.07) is 4.90. The van der Waals surface area contributed by atoms with Gasteiger partial charge >= 0.3 is 0 Å². The lowest BCUT2D eigenvalue weighted by Crippen LogP contribution is -2.15. The molecular weight excluding hydrogens is 222 g/mol. The summed E-state index contributed by atoms with van der Waals surface area (Å²) in [4.78, 5) is 9.11. The van der Waals surface area contributed by atoms with Gasteiger partial charge in [0.25, 0.3) is 0 Å². The summed E-state index contributed by atoms with van der Waals surface area (Å²) in [5, 5.41) is 3.52. The van der Waals surface area contributed by atoms with E-state index in [2.05, 4.69) is 27.4 Å². The molecule has 0 radical (unpaired) electrons. The van der Waals surface area contributed by atoms with E-state index in [1.165, 1.54) is 49.8 Å². The molecule has 2 heterocycles. The summed E-state index contributed by atoms with van der Waals surface area (Å²) in [7, 11) is 0. The van der Waals surface area contributed by atoms with Crippen LogP contribution in [0, 0.1) is 0 Å². The van der Waals surface area contributed by atoms with Crippen molar-refractivity contribution in [2.75, 3.05) is 11.9 Å². The largest absolute Gasteiger partial charge is 0.367 e. The molecule has 0 atom stereocenters. The van der Waals surface area contributed by atoms with Crippen molar-refractivity contribution < 1.29 is 0 Å². The average Bonchev–Trinajstić information content (AvgIpc) is 2.94. The van der Waals surface area contributed by atoms with Crippen LogP contribution >= 0.6 is 0 Å². The Balaban J connectivity index is 1.66. The second-order valence-electron chi connectivity index (χ2n) is 5.34. The Morgan fingerprint density at radius 2 is 1.94 bits per heavy atom. The van der Waals surface area contributed by atoms with E-state index >= 15 is 0 Å². The summed E-state index contributed by atoms with van der Waals surface area (Å²) in [6.45, 7) is 0.984. The molecule has 1 aromatic rings. The monoisotopic (exact) mass is 243 g/mol. The third-order valence-corrected chi connectivity index (χ3v) is 3.93. The Morgan fingerprint density at radius 1 is 1.06 bits per heavy atom. The first kappa shape index (κ1) is 11.7. The zero-order valence-corrected chi connectivity index (χ0v) is 10.9. The Morgan fingerprint density at radius 3 is 2.61 bits per heavy atom. The van der Waals surface area contributed by atoms with E-state index < -0.39 is 0 Å². The van der Waals surface area contributed by atoms with E-state index in [0.717, 1.165) is 18.8 Å². The summed E-state index contributed by atoms with van der Waals surface area (Å²) in [6.07, 6.45) is 10.9. The van der Waals surface area contributed by atoms with Crippen LogP contribution in [0.15, 0.2) is 23.3 Å². The van der Waals surface area contributed by atoms with E-state index in [-0.39, 0.29) is 0 Å². The van der Waals surface area contributed by atoms with Crippen molar-refractivity contribution in [1.82, 2.24) is 4.98 Å². The minimum atomic E-state index is 0.635. The highest BCUT2D eigenvalue weighted by molar-refractivity contribution is 6.00. The number of hydrogen-bond acceptors (Lipinski definition) is 3. The predicted molar refractivity (Wildman–Crippen MR) is 75.4 cm³/mol. The topological polar surface area (TPSA) is 37.3 Å². The zero-order valence-electron chi connectivity index (χ0n) is 10.9. The van der Waals surface area contributed by atoms with Gasteiger partial charge in [0, 0.05) is 30.1 Å². The molecule has 0 aromatic carbocycles. The van der Waals surface area contributed by atoms with Crippen LogP contribution in [0.4, 0.5) is 5.82 Å². The van der Waals surface area contributed by atoms with Crippen LogP contribution in [0.2, 0.25) is 0 Å². The van der Waals surface area contributed by atoms with Crippen molar-refractivity contribution in [1.29, 1.82) is 0 Å². The molecule has 0 saturated heterocycles. The van der Waals surface area contributed by atoms with Crippen LogP contribution < -0.4 is 5.32 Å². The molecule has 0 amide bonds. The number of hydrogen-bond donors (Lipinski definition) is 1. The highest BCUT2D eigenvalue weighted by Crippen LogP contribution is 2.21. The zero-order chi connectivity index (χ0) is 12.2. The maximum atomic E-state index is 4.59. The van der Waals surface area contributed by atoms with Gasteiger partial charge in [0.05, 0.1) is 0 Å². The lowest BCUT2D eigenvalue weighted by atomic mass is 10.0. The van der Waals surface area contributed by atoms with Gasteiger partial charge in [-0.25, -0.2) is 4.98 Å². The van der Waals surface area contributed by atoms with Gasteiger partial charge in [-0.2, -0.15) is 0 Å².